The van der Waals surface area contributed by atoms with Crippen molar-refractivity contribution in [3.05, 3.63) is 61.9 Å². The summed E-state index contributed by atoms with van der Waals surface area (Å²) >= 11 is 15.3. The molecular formula is C36H38Cl2N8O3S2. The van der Waals surface area contributed by atoms with E-state index in [0.717, 1.165) is 87.3 Å². The van der Waals surface area contributed by atoms with Crippen molar-refractivity contribution in [1.82, 2.24) is 29.7 Å². The van der Waals surface area contributed by atoms with E-state index in [9.17, 15) is 9.59 Å². The first-order valence-electron chi connectivity index (χ1n) is 16.8. The minimum absolute atomic E-state index is 0.0292. The molecule has 11 nitrogen and oxygen atoms in total. The van der Waals surface area contributed by atoms with E-state index >= 15 is 0 Å². The molecule has 4 aromatic heterocycles. The highest BCUT2D eigenvalue weighted by Crippen LogP contribution is 2.43. The van der Waals surface area contributed by atoms with E-state index in [4.69, 9.17) is 27.9 Å². The Morgan fingerprint density at radius 2 is 1.49 bits per heavy atom. The smallest absolute Gasteiger partial charge is 0.225 e. The maximum absolute atomic E-state index is 12.5. The molecule has 8 rings (SSSR count). The summed E-state index contributed by atoms with van der Waals surface area (Å²) in [4.78, 5) is 54.1. The van der Waals surface area contributed by atoms with Crippen molar-refractivity contribution in [3.63, 3.8) is 0 Å². The molecule has 3 aliphatic rings. The quantitative estimate of drug-likeness (QED) is 0.143. The van der Waals surface area contributed by atoms with Crippen LogP contribution in [0.5, 0.6) is 5.75 Å². The molecule has 1 aliphatic heterocycles. The van der Waals surface area contributed by atoms with Crippen LogP contribution in [0, 0.1) is 11.8 Å². The highest BCUT2D eigenvalue weighted by atomic mass is 35.5. The molecule has 266 valence electrons. The van der Waals surface area contributed by atoms with Crippen LogP contribution in [-0.4, -0.2) is 88.4 Å². The van der Waals surface area contributed by atoms with E-state index in [-0.39, 0.29) is 23.7 Å². The molecule has 2 unspecified atom stereocenters. The molecule has 5 aromatic rings. The molecule has 2 atom stereocenters. The fraction of sp³-hybridized carbons (Fsp3) is 0.417. The van der Waals surface area contributed by atoms with Gasteiger partial charge in [0, 0.05) is 56.0 Å². The monoisotopic (exact) mass is 764 g/mol. The lowest BCUT2D eigenvalue weighted by Gasteiger charge is -2.24. The molecule has 15 heteroatoms. The zero-order valence-electron chi connectivity index (χ0n) is 28.8. The fourth-order valence-electron chi connectivity index (χ4n) is 7.06. The van der Waals surface area contributed by atoms with Gasteiger partial charge in [-0.1, -0.05) is 11.6 Å². The number of nitrogens with one attached hydrogen (secondary N) is 1. The van der Waals surface area contributed by atoms with Crippen LogP contribution >= 0.6 is 45.9 Å². The van der Waals surface area contributed by atoms with Gasteiger partial charge in [0.05, 0.1) is 28.9 Å². The zero-order chi connectivity index (χ0) is 35.8. The molecule has 2 amide bonds. The largest absolute Gasteiger partial charge is 0.490 e. The van der Waals surface area contributed by atoms with Gasteiger partial charge in [0.25, 0.3) is 0 Å². The Kier molecular flexibility index (Phi) is 10.4. The number of rotatable bonds is 7. The summed E-state index contributed by atoms with van der Waals surface area (Å²) in [5.41, 5.74) is 5.54. The van der Waals surface area contributed by atoms with E-state index in [2.05, 4.69) is 30.2 Å². The fourth-order valence-corrected chi connectivity index (χ4v) is 9.97. The standard InChI is InChI=1S/C23H24ClN5O2S.C13H14ClN3OS/c1-29(2)23(30)13-3-4-16-19(9-13)32-22-20(16)21(26-12-27-22)28-17-7-14-10-25-11-15(14)8-18(17)31-6-5-24;1-17(2)13(18)7-3-4-8-9(5-7)19-12-10(8)11(14)15-6-16-12/h7-8,10,12-13H,3-6,9,11H2,1-2H3,(H,26,27,28);6-7H,3-5H2,1-2H3. The molecule has 0 bridgehead atoms. The second-order valence-electron chi connectivity index (χ2n) is 13.3. The number of amides is 2. The third-order valence-electron chi connectivity index (χ3n) is 9.55. The van der Waals surface area contributed by atoms with Gasteiger partial charge < -0.3 is 19.9 Å². The van der Waals surface area contributed by atoms with Gasteiger partial charge in [-0.05, 0) is 72.9 Å². The second kappa shape index (κ2) is 15.0. The van der Waals surface area contributed by atoms with Crippen molar-refractivity contribution < 1.29 is 14.3 Å². The van der Waals surface area contributed by atoms with E-state index in [1.165, 1.54) is 27.2 Å². The van der Waals surface area contributed by atoms with Crippen molar-refractivity contribution in [2.75, 3.05) is 46.0 Å². The molecule has 0 spiro atoms. The number of aryl methyl sites for hydroxylation is 2. The summed E-state index contributed by atoms with van der Waals surface area (Å²) in [6.45, 7) is 1.08. The number of benzene rings is 1. The number of carbonyl (C=O) groups is 2. The van der Waals surface area contributed by atoms with Gasteiger partial charge in [0.15, 0.2) is 0 Å². The van der Waals surface area contributed by atoms with E-state index in [0.29, 0.717) is 24.2 Å². The maximum atomic E-state index is 12.5. The Bertz CT molecular complexity index is 2170. The Hall–Kier alpha value is -3.91. The summed E-state index contributed by atoms with van der Waals surface area (Å²) in [5, 5.41) is 6.05. The summed E-state index contributed by atoms with van der Waals surface area (Å²) < 4.78 is 5.92. The average Bonchev–Trinajstić information content (AvgIpc) is 3.85. The number of hydrogen-bond donors (Lipinski definition) is 1. The number of carbonyl (C=O) groups excluding carboxylic acids is 2. The van der Waals surface area contributed by atoms with Crippen LogP contribution in [0.15, 0.2) is 29.8 Å². The van der Waals surface area contributed by atoms with Crippen molar-refractivity contribution >= 4 is 95.8 Å². The molecular weight excluding hydrogens is 727 g/mol. The predicted octanol–water partition coefficient (Wildman–Crippen LogP) is 6.72. The Balaban J connectivity index is 0.000000182. The number of fused-ring (bicyclic) bond motifs is 7. The van der Waals surface area contributed by atoms with E-state index in [1.807, 2.05) is 46.5 Å². The van der Waals surface area contributed by atoms with Crippen molar-refractivity contribution in [1.29, 1.82) is 0 Å². The van der Waals surface area contributed by atoms with Gasteiger partial charge in [0.2, 0.25) is 11.8 Å². The Morgan fingerprint density at radius 1 is 0.882 bits per heavy atom. The highest BCUT2D eigenvalue weighted by molar-refractivity contribution is 7.19. The third kappa shape index (κ3) is 7.13. The van der Waals surface area contributed by atoms with Crippen LogP contribution in [0.4, 0.5) is 11.5 Å². The van der Waals surface area contributed by atoms with Crippen LogP contribution in [0.3, 0.4) is 0 Å². The molecule has 0 saturated heterocycles. The molecule has 0 radical (unpaired) electrons. The van der Waals surface area contributed by atoms with Crippen molar-refractivity contribution in [3.8, 4) is 5.75 Å². The van der Waals surface area contributed by atoms with Crippen LogP contribution in [0.25, 0.3) is 20.4 Å². The Labute approximate surface area is 314 Å². The maximum Gasteiger partial charge on any atom is 0.225 e. The minimum atomic E-state index is 0.0292. The SMILES string of the molecule is CN(C)C(=O)C1CCc2c(sc3ncnc(Cl)c23)C1.CN(C)C(=O)C1CCc2c(sc3ncnc(Nc4cc5c(cc4OCCCl)CN=C5)c23)C1. The van der Waals surface area contributed by atoms with Crippen molar-refractivity contribution in [2.45, 2.75) is 45.1 Å². The second-order valence-corrected chi connectivity index (χ2v) is 16.2. The lowest BCUT2D eigenvalue weighted by atomic mass is 9.87. The number of thiophene rings is 2. The highest BCUT2D eigenvalue weighted by Gasteiger charge is 2.31. The molecule has 0 fully saturated rings. The lowest BCUT2D eigenvalue weighted by molar-refractivity contribution is -0.134. The van der Waals surface area contributed by atoms with Gasteiger partial charge in [-0.25, -0.2) is 19.9 Å². The first-order valence-corrected chi connectivity index (χ1v) is 19.4. The van der Waals surface area contributed by atoms with Crippen LogP contribution < -0.4 is 10.1 Å². The number of aromatic nitrogens is 4. The lowest BCUT2D eigenvalue weighted by Crippen LogP contribution is -2.32. The summed E-state index contributed by atoms with van der Waals surface area (Å²) in [6, 6.07) is 4.07. The zero-order valence-corrected chi connectivity index (χ0v) is 32.0. The van der Waals surface area contributed by atoms with Crippen molar-refractivity contribution in [2.24, 2.45) is 16.8 Å². The third-order valence-corrected chi connectivity index (χ3v) is 12.3. The van der Waals surface area contributed by atoms with E-state index < -0.39 is 0 Å². The van der Waals surface area contributed by atoms with Gasteiger partial charge in [0.1, 0.15) is 45.6 Å². The number of nitrogens with zero attached hydrogens (tertiary/aromatic N) is 7. The molecule has 1 aromatic carbocycles. The summed E-state index contributed by atoms with van der Waals surface area (Å²) in [6.07, 6.45) is 9.95. The van der Waals surface area contributed by atoms with E-state index in [1.54, 1.807) is 38.8 Å². The van der Waals surface area contributed by atoms with Gasteiger partial charge in [-0.3, -0.25) is 14.6 Å². The number of aliphatic imine (C=N–C) groups is 1. The van der Waals surface area contributed by atoms with Crippen LogP contribution in [-0.2, 0) is 41.8 Å². The summed E-state index contributed by atoms with van der Waals surface area (Å²) in [7, 11) is 7.26. The number of alkyl halides is 1. The average molecular weight is 766 g/mol. The number of hydrogen-bond acceptors (Lipinski definition) is 11. The normalized spacial score (nSPS) is 17.3. The van der Waals surface area contributed by atoms with Gasteiger partial charge in [-0.15, -0.1) is 34.3 Å². The summed E-state index contributed by atoms with van der Waals surface area (Å²) in [5.74, 6) is 2.43. The number of halogens is 2. The first-order chi connectivity index (χ1) is 24.6. The van der Waals surface area contributed by atoms with Crippen LogP contribution in [0.1, 0.15) is 44.8 Å². The molecule has 51 heavy (non-hydrogen) atoms. The first kappa shape index (κ1) is 35.5. The Morgan fingerprint density at radius 3 is 2.12 bits per heavy atom. The minimum Gasteiger partial charge on any atom is -0.490 e. The van der Waals surface area contributed by atoms with Crippen LogP contribution in [0.2, 0.25) is 5.15 Å². The molecule has 1 N–H and O–H groups in total. The molecule has 5 heterocycles. The number of anilines is 2. The molecule has 2 aliphatic carbocycles. The molecule has 0 saturated carbocycles. The predicted molar refractivity (Wildman–Crippen MR) is 205 cm³/mol. The van der Waals surface area contributed by atoms with Gasteiger partial charge >= 0.3 is 0 Å². The van der Waals surface area contributed by atoms with Gasteiger partial charge in [-0.2, -0.15) is 0 Å². The number of ether oxygens (including phenoxy) is 1. The topological polar surface area (TPSA) is 126 Å².